The molecule has 2 aromatic carbocycles. The Bertz CT molecular complexity index is 956. The SMILES string of the molecule is CC[S@@](=O)c1ccccc1C(=O)OCC(=O)Nc1ccccc1C(=O)NC1CC1. The van der Waals surface area contributed by atoms with E-state index in [-0.39, 0.29) is 17.5 Å². The first kappa shape index (κ1) is 20.7. The number of carbonyl (C=O) groups is 3. The Balaban J connectivity index is 1.62. The van der Waals surface area contributed by atoms with Crippen molar-refractivity contribution < 1.29 is 23.3 Å². The molecule has 2 N–H and O–H groups in total. The first-order chi connectivity index (χ1) is 14.0. The van der Waals surface area contributed by atoms with Crippen LogP contribution in [0.4, 0.5) is 5.69 Å². The summed E-state index contributed by atoms with van der Waals surface area (Å²) in [7, 11) is -1.32. The van der Waals surface area contributed by atoms with Crippen LogP contribution in [0.1, 0.15) is 40.5 Å². The summed E-state index contributed by atoms with van der Waals surface area (Å²) in [6, 6.07) is 13.3. The Morgan fingerprint density at radius 1 is 1.03 bits per heavy atom. The van der Waals surface area contributed by atoms with Crippen LogP contribution in [0, 0.1) is 0 Å². The maximum Gasteiger partial charge on any atom is 0.339 e. The number of benzene rings is 2. The molecule has 3 rings (SSSR count). The van der Waals surface area contributed by atoms with Gasteiger partial charge in [0, 0.05) is 11.8 Å². The monoisotopic (exact) mass is 414 g/mol. The topological polar surface area (TPSA) is 102 Å². The van der Waals surface area contributed by atoms with Crippen LogP contribution in [0.5, 0.6) is 0 Å². The number of esters is 1. The number of ether oxygens (including phenoxy) is 1. The third-order valence-electron chi connectivity index (χ3n) is 4.31. The summed E-state index contributed by atoms with van der Waals surface area (Å²) >= 11 is 0. The fourth-order valence-electron chi connectivity index (χ4n) is 2.67. The van der Waals surface area contributed by atoms with Crippen LogP contribution in [-0.4, -0.2) is 40.4 Å². The zero-order valence-corrected chi connectivity index (χ0v) is 16.8. The predicted molar refractivity (Wildman–Crippen MR) is 109 cm³/mol. The van der Waals surface area contributed by atoms with Crippen molar-refractivity contribution in [2.24, 2.45) is 0 Å². The first-order valence-electron chi connectivity index (χ1n) is 9.34. The van der Waals surface area contributed by atoms with Crippen LogP contribution in [-0.2, 0) is 20.3 Å². The van der Waals surface area contributed by atoms with E-state index in [1.807, 2.05) is 0 Å². The first-order valence-corrected chi connectivity index (χ1v) is 10.7. The van der Waals surface area contributed by atoms with Gasteiger partial charge in [-0.05, 0) is 37.1 Å². The number of hydrogen-bond acceptors (Lipinski definition) is 5. The van der Waals surface area contributed by atoms with E-state index >= 15 is 0 Å². The van der Waals surface area contributed by atoms with E-state index in [9.17, 15) is 18.6 Å². The Kier molecular flexibility index (Phi) is 6.77. The van der Waals surface area contributed by atoms with Crippen LogP contribution in [0.25, 0.3) is 0 Å². The van der Waals surface area contributed by atoms with Gasteiger partial charge in [-0.15, -0.1) is 0 Å². The molecule has 0 heterocycles. The fourth-order valence-corrected chi connectivity index (χ4v) is 3.60. The molecule has 0 bridgehead atoms. The zero-order chi connectivity index (χ0) is 20.8. The number of rotatable bonds is 8. The van der Waals surface area contributed by atoms with Crippen molar-refractivity contribution in [2.75, 3.05) is 17.7 Å². The van der Waals surface area contributed by atoms with E-state index in [4.69, 9.17) is 4.74 Å². The van der Waals surface area contributed by atoms with E-state index in [1.165, 1.54) is 6.07 Å². The molecule has 1 atom stereocenters. The van der Waals surface area contributed by atoms with Crippen molar-refractivity contribution in [3.05, 3.63) is 59.7 Å². The Labute approximate surface area is 171 Å². The van der Waals surface area contributed by atoms with E-state index in [0.717, 1.165) is 12.8 Å². The molecule has 1 aliphatic carbocycles. The average molecular weight is 414 g/mol. The lowest BCUT2D eigenvalue weighted by Gasteiger charge is -2.12. The summed E-state index contributed by atoms with van der Waals surface area (Å²) in [5.41, 5.74) is 0.867. The van der Waals surface area contributed by atoms with Crippen LogP contribution >= 0.6 is 0 Å². The summed E-state index contributed by atoms with van der Waals surface area (Å²) in [5.74, 6) is -1.18. The highest BCUT2D eigenvalue weighted by Crippen LogP contribution is 2.21. The highest BCUT2D eigenvalue weighted by molar-refractivity contribution is 7.85. The minimum absolute atomic E-state index is 0.171. The molecule has 1 saturated carbocycles. The van der Waals surface area contributed by atoms with Gasteiger partial charge in [-0.25, -0.2) is 4.79 Å². The molecular weight excluding hydrogens is 392 g/mol. The van der Waals surface area contributed by atoms with Gasteiger partial charge in [-0.3, -0.25) is 13.8 Å². The summed E-state index contributed by atoms with van der Waals surface area (Å²) in [6.45, 7) is 1.23. The van der Waals surface area contributed by atoms with Crippen LogP contribution in [0.2, 0.25) is 0 Å². The van der Waals surface area contributed by atoms with Gasteiger partial charge in [0.15, 0.2) is 6.61 Å². The molecule has 1 fully saturated rings. The third kappa shape index (κ3) is 5.51. The van der Waals surface area contributed by atoms with Crippen LogP contribution in [0.3, 0.4) is 0 Å². The number of hydrogen-bond donors (Lipinski definition) is 2. The van der Waals surface area contributed by atoms with Crippen molar-refractivity contribution in [2.45, 2.75) is 30.7 Å². The molecule has 0 aliphatic heterocycles. The number of amides is 2. The molecular formula is C21H22N2O5S. The second-order valence-electron chi connectivity index (χ2n) is 6.55. The molecule has 2 amide bonds. The van der Waals surface area contributed by atoms with E-state index < -0.39 is 29.3 Å². The summed E-state index contributed by atoms with van der Waals surface area (Å²) < 4.78 is 17.2. The highest BCUT2D eigenvalue weighted by Gasteiger charge is 2.25. The van der Waals surface area contributed by atoms with Gasteiger partial charge >= 0.3 is 5.97 Å². The largest absolute Gasteiger partial charge is 0.452 e. The lowest BCUT2D eigenvalue weighted by Crippen LogP contribution is -2.28. The molecule has 1 aliphatic rings. The van der Waals surface area contributed by atoms with Gasteiger partial charge in [0.2, 0.25) is 0 Å². The van der Waals surface area contributed by atoms with Gasteiger partial charge in [0.1, 0.15) is 0 Å². The molecule has 0 aromatic heterocycles. The van der Waals surface area contributed by atoms with Gasteiger partial charge in [-0.2, -0.15) is 0 Å². The highest BCUT2D eigenvalue weighted by atomic mass is 32.2. The quantitative estimate of drug-likeness (QED) is 0.647. The van der Waals surface area contributed by atoms with Crippen molar-refractivity contribution in [1.29, 1.82) is 0 Å². The number of anilines is 1. The van der Waals surface area contributed by atoms with Gasteiger partial charge in [0.05, 0.1) is 32.5 Å². The van der Waals surface area contributed by atoms with Crippen LogP contribution < -0.4 is 10.6 Å². The standard InChI is InChI=1S/C21H22N2O5S/c1-2-29(27)18-10-6-4-8-16(18)21(26)28-13-19(24)23-17-9-5-3-7-15(17)20(25)22-14-11-12-14/h3-10,14H,2,11-13H2,1H3,(H,22,25)(H,23,24)/t29-/m1/s1. The van der Waals surface area contributed by atoms with Crippen LogP contribution in [0.15, 0.2) is 53.4 Å². The van der Waals surface area contributed by atoms with E-state index in [0.29, 0.717) is 21.9 Å². The Morgan fingerprint density at radius 3 is 2.38 bits per heavy atom. The molecule has 152 valence electrons. The summed E-state index contributed by atoms with van der Waals surface area (Å²) in [5, 5.41) is 5.48. The molecule has 0 spiro atoms. The number of carbonyl (C=O) groups excluding carboxylic acids is 3. The molecule has 29 heavy (non-hydrogen) atoms. The van der Waals surface area contributed by atoms with Crippen molar-refractivity contribution in [3.8, 4) is 0 Å². The molecule has 8 heteroatoms. The fraction of sp³-hybridized carbons (Fsp3) is 0.286. The average Bonchev–Trinajstić information content (AvgIpc) is 3.55. The lowest BCUT2D eigenvalue weighted by molar-refractivity contribution is -0.119. The van der Waals surface area contributed by atoms with E-state index in [2.05, 4.69) is 10.6 Å². The Morgan fingerprint density at radius 2 is 1.69 bits per heavy atom. The maximum atomic E-state index is 12.3. The van der Waals surface area contributed by atoms with E-state index in [1.54, 1.807) is 49.4 Å². The van der Waals surface area contributed by atoms with Crippen molar-refractivity contribution in [3.63, 3.8) is 0 Å². The molecule has 2 aromatic rings. The summed E-state index contributed by atoms with van der Waals surface area (Å²) in [4.78, 5) is 37.3. The molecule has 0 unspecified atom stereocenters. The van der Waals surface area contributed by atoms with Crippen molar-refractivity contribution >= 4 is 34.3 Å². The Hall–Kier alpha value is -3.00. The predicted octanol–water partition coefficient (Wildman–Crippen LogP) is 2.50. The van der Waals surface area contributed by atoms with Crippen molar-refractivity contribution in [1.82, 2.24) is 5.32 Å². The third-order valence-corrected chi connectivity index (χ3v) is 5.68. The minimum Gasteiger partial charge on any atom is -0.452 e. The van der Waals surface area contributed by atoms with Gasteiger partial charge < -0.3 is 15.4 Å². The molecule has 7 nitrogen and oxygen atoms in total. The molecule has 0 saturated heterocycles. The molecule has 0 radical (unpaired) electrons. The second-order valence-corrected chi connectivity index (χ2v) is 8.26. The lowest BCUT2D eigenvalue weighted by atomic mass is 10.1. The number of para-hydroxylation sites is 1. The summed E-state index contributed by atoms with van der Waals surface area (Å²) in [6.07, 6.45) is 1.92. The maximum absolute atomic E-state index is 12.3. The zero-order valence-electron chi connectivity index (χ0n) is 16.0. The minimum atomic E-state index is -1.32. The normalized spacial score (nSPS) is 14.0. The second kappa shape index (κ2) is 9.47. The number of nitrogens with one attached hydrogen (secondary N) is 2. The van der Waals surface area contributed by atoms with Gasteiger partial charge in [0.25, 0.3) is 11.8 Å². The smallest absolute Gasteiger partial charge is 0.339 e. The van der Waals surface area contributed by atoms with Gasteiger partial charge in [-0.1, -0.05) is 31.2 Å².